The zero-order chi connectivity index (χ0) is 17.4. The molecule has 2 aliphatic heterocycles. The maximum absolute atomic E-state index is 13.2. The van der Waals surface area contributed by atoms with E-state index in [1.54, 1.807) is 12.1 Å². The molecule has 25 heavy (non-hydrogen) atoms. The van der Waals surface area contributed by atoms with Gasteiger partial charge in [-0.05, 0) is 42.3 Å². The van der Waals surface area contributed by atoms with Crippen molar-refractivity contribution in [3.63, 3.8) is 0 Å². The lowest BCUT2D eigenvalue weighted by atomic mass is 9.84. The second-order valence-electron chi connectivity index (χ2n) is 6.36. The molecule has 0 radical (unpaired) electrons. The van der Waals surface area contributed by atoms with Crippen molar-refractivity contribution in [2.45, 2.75) is 25.0 Å². The van der Waals surface area contributed by atoms with Gasteiger partial charge in [0.2, 0.25) is 5.91 Å². The van der Waals surface area contributed by atoms with Gasteiger partial charge < -0.3 is 10.1 Å². The Bertz CT molecular complexity index is 763. The van der Waals surface area contributed by atoms with Crippen LogP contribution in [0.3, 0.4) is 0 Å². The van der Waals surface area contributed by atoms with Crippen LogP contribution in [0, 0.1) is 11.7 Å². The molecular formula is C19H20FN3O2. The molecule has 0 aromatic heterocycles. The van der Waals surface area contributed by atoms with Gasteiger partial charge in [-0.2, -0.15) is 0 Å². The molecule has 2 aliphatic rings. The second-order valence-corrected chi connectivity index (χ2v) is 6.36. The van der Waals surface area contributed by atoms with Crippen molar-refractivity contribution < 1.29 is 13.9 Å². The first-order valence-electron chi connectivity index (χ1n) is 8.47. The van der Waals surface area contributed by atoms with E-state index >= 15 is 0 Å². The smallest absolute Gasteiger partial charge is 0.239 e. The Morgan fingerprint density at radius 3 is 2.20 bits per heavy atom. The number of hydrazine groups is 1. The summed E-state index contributed by atoms with van der Waals surface area (Å²) in [5, 5.41) is 3.03. The van der Waals surface area contributed by atoms with E-state index in [0.29, 0.717) is 6.61 Å². The van der Waals surface area contributed by atoms with E-state index in [0.717, 1.165) is 16.9 Å². The lowest BCUT2D eigenvalue weighted by Crippen LogP contribution is -2.39. The van der Waals surface area contributed by atoms with Crippen LogP contribution in [-0.2, 0) is 4.79 Å². The fraction of sp³-hybridized carbons (Fsp3) is 0.316. The molecule has 0 spiro atoms. The molecule has 2 fully saturated rings. The Kier molecular flexibility index (Phi) is 4.15. The number of rotatable bonds is 4. The Labute approximate surface area is 145 Å². The summed E-state index contributed by atoms with van der Waals surface area (Å²) in [4.78, 5) is 12.3. The second kappa shape index (κ2) is 6.46. The molecule has 2 aromatic carbocycles. The number of hydrogen-bond acceptors (Lipinski definition) is 4. The van der Waals surface area contributed by atoms with Gasteiger partial charge in [-0.15, -0.1) is 0 Å². The fourth-order valence-electron chi connectivity index (χ4n) is 3.75. The highest BCUT2D eigenvalue weighted by atomic mass is 19.1. The lowest BCUT2D eigenvalue weighted by Gasteiger charge is -2.24. The first-order chi connectivity index (χ1) is 12.2. The molecule has 2 saturated heterocycles. The topological polar surface area (TPSA) is 62.4 Å². The molecule has 5 nitrogen and oxygen atoms in total. The zero-order valence-corrected chi connectivity index (χ0v) is 13.8. The summed E-state index contributed by atoms with van der Waals surface area (Å²) in [7, 11) is 0. The molecule has 4 atom stereocenters. The van der Waals surface area contributed by atoms with Crippen LogP contribution in [-0.4, -0.2) is 18.6 Å². The number of hydrogen-bond donors (Lipinski definition) is 3. The first kappa shape index (κ1) is 16.1. The quantitative estimate of drug-likeness (QED) is 0.798. The number of carbonyl (C=O) groups excluding carboxylic acids is 1. The summed E-state index contributed by atoms with van der Waals surface area (Å²) in [5.74, 6) is 0.496. The third-order valence-electron chi connectivity index (χ3n) is 4.91. The Balaban J connectivity index is 1.63. The molecule has 6 heteroatoms. The lowest BCUT2D eigenvalue weighted by molar-refractivity contribution is -0.121. The number of carbonyl (C=O) groups is 1. The zero-order valence-electron chi connectivity index (χ0n) is 13.8. The van der Waals surface area contributed by atoms with E-state index in [1.807, 2.05) is 31.2 Å². The van der Waals surface area contributed by atoms with Crippen LogP contribution in [0.1, 0.15) is 30.1 Å². The van der Waals surface area contributed by atoms with E-state index in [9.17, 15) is 9.18 Å². The number of nitrogens with one attached hydrogen (secondary N) is 3. The van der Waals surface area contributed by atoms with Gasteiger partial charge in [0.05, 0.1) is 18.7 Å². The molecule has 4 unspecified atom stereocenters. The number of ether oxygens (including phenoxy) is 1. The minimum absolute atomic E-state index is 0.00379. The van der Waals surface area contributed by atoms with Gasteiger partial charge in [-0.25, -0.2) is 15.2 Å². The van der Waals surface area contributed by atoms with E-state index in [1.165, 1.54) is 12.1 Å². The van der Waals surface area contributed by atoms with Crippen LogP contribution < -0.4 is 20.9 Å². The van der Waals surface area contributed by atoms with Crippen molar-refractivity contribution in [3.8, 4) is 5.75 Å². The summed E-state index contributed by atoms with van der Waals surface area (Å²) >= 11 is 0. The monoisotopic (exact) mass is 341 g/mol. The minimum atomic E-state index is -0.313. The highest BCUT2D eigenvalue weighted by Crippen LogP contribution is 2.42. The highest BCUT2D eigenvalue weighted by Gasteiger charge is 2.51. The van der Waals surface area contributed by atoms with Crippen molar-refractivity contribution in [2.75, 3.05) is 6.61 Å². The maximum atomic E-state index is 13.2. The maximum Gasteiger partial charge on any atom is 0.239 e. The molecule has 0 aliphatic carbocycles. The van der Waals surface area contributed by atoms with E-state index in [-0.39, 0.29) is 35.8 Å². The molecule has 0 saturated carbocycles. The molecule has 0 bridgehead atoms. The Morgan fingerprint density at radius 2 is 1.52 bits per heavy atom. The van der Waals surface area contributed by atoms with Crippen molar-refractivity contribution in [3.05, 3.63) is 65.5 Å². The van der Waals surface area contributed by atoms with Crippen LogP contribution in [0.4, 0.5) is 4.39 Å². The summed E-state index contributed by atoms with van der Waals surface area (Å²) in [6, 6.07) is 13.7. The van der Waals surface area contributed by atoms with E-state index in [4.69, 9.17) is 4.74 Å². The molecule has 4 rings (SSSR count). The van der Waals surface area contributed by atoms with Crippen molar-refractivity contribution in [1.82, 2.24) is 16.2 Å². The largest absolute Gasteiger partial charge is 0.494 e. The van der Waals surface area contributed by atoms with Gasteiger partial charge in [0.15, 0.2) is 0 Å². The van der Waals surface area contributed by atoms with Gasteiger partial charge in [0.25, 0.3) is 0 Å². The number of amides is 1. The van der Waals surface area contributed by atoms with Crippen LogP contribution in [0.5, 0.6) is 5.75 Å². The van der Waals surface area contributed by atoms with Crippen LogP contribution >= 0.6 is 0 Å². The van der Waals surface area contributed by atoms with Crippen LogP contribution in [0.2, 0.25) is 0 Å². The highest BCUT2D eigenvalue weighted by molar-refractivity contribution is 5.86. The fourth-order valence-corrected chi connectivity index (χ4v) is 3.75. The van der Waals surface area contributed by atoms with Gasteiger partial charge in [-0.3, -0.25) is 4.79 Å². The number of benzene rings is 2. The van der Waals surface area contributed by atoms with Crippen molar-refractivity contribution in [1.29, 1.82) is 0 Å². The number of fused-ring (bicyclic) bond motifs is 1. The van der Waals surface area contributed by atoms with E-state index in [2.05, 4.69) is 16.2 Å². The SMILES string of the molecule is CCOc1ccc(C2NNC3C(=O)NC(c4ccc(F)cc4)C32)cc1. The Hall–Kier alpha value is -2.44. The summed E-state index contributed by atoms with van der Waals surface area (Å²) < 4.78 is 18.7. The molecule has 3 N–H and O–H groups in total. The first-order valence-corrected chi connectivity index (χ1v) is 8.47. The molecule has 1 amide bonds. The van der Waals surface area contributed by atoms with Crippen molar-refractivity contribution >= 4 is 5.91 Å². The average Bonchev–Trinajstić information content (AvgIpc) is 3.19. The molecule has 130 valence electrons. The van der Waals surface area contributed by atoms with Gasteiger partial charge >= 0.3 is 0 Å². The molecular weight excluding hydrogens is 321 g/mol. The van der Waals surface area contributed by atoms with E-state index < -0.39 is 0 Å². The average molecular weight is 341 g/mol. The third kappa shape index (κ3) is 2.88. The molecule has 2 heterocycles. The predicted molar refractivity (Wildman–Crippen MR) is 91.2 cm³/mol. The summed E-state index contributed by atoms with van der Waals surface area (Å²) in [5.41, 5.74) is 8.32. The minimum Gasteiger partial charge on any atom is -0.494 e. The third-order valence-corrected chi connectivity index (χ3v) is 4.91. The molecule has 2 aromatic rings. The normalized spacial score (nSPS) is 27.8. The van der Waals surface area contributed by atoms with Gasteiger partial charge in [-0.1, -0.05) is 24.3 Å². The van der Waals surface area contributed by atoms with Crippen molar-refractivity contribution in [2.24, 2.45) is 5.92 Å². The number of halogens is 1. The summed E-state index contributed by atoms with van der Waals surface area (Å²) in [6.45, 7) is 2.57. The van der Waals surface area contributed by atoms with Crippen LogP contribution in [0.15, 0.2) is 48.5 Å². The Morgan fingerprint density at radius 1 is 0.920 bits per heavy atom. The summed E-state index contributed by atoms with van der Waals surface area (Å²) in [6.07, 6.45) is 0. The van der Waals surface area contributed by atoms with Crippen LogP contribution in [0.25, 0.3) is 0 Å². The predicted octanol–water partition coefficient (Wildman–Crippen LogP) is 2.23. The standard InChI is InChI=1S/C19H20FN3O2/c1-2-25-14-9-5-12(6-10-14)17-15-16(11-3-7-13(20)8-4-11)21-19(24)18(15)23-22-17/h3-10,15-18,22-23H,2H2,1H3,(H,21,24). The van der Waals surface area contributed by atoms with Gasteiger partial charge in [0, 0.05) is 5.92 Å². The van der Waals surface area contributed by atoms with Gasteiger partial charge in [0.1, 0.15) is 17.6 Å².